The van der Waals surface area contributed by atoms with Crippen molar-refractivity contribution in [3.63, 3.8) is 0 Å². The Hall–Kier alpha value is -4.07. The molecule has 1 aliphatic heterocycles. The van der Waals surface area contributed by atoms with Crippen LogP contribution in [-0.4, -0.2) is 30.6 Å². The molecule has 0 atom stereocenters. The molecule has 8 heteroatoms. The zero-order chi connectivity index (χ0) is 22.5. The van der Waals surface area contributed by atoms with Crippen LogP contribution in [0.2, 0.25) is 0 Å². The minimum absolute atomic E-state index is 0.0954. The van der Waals surface area contributed by atoms with Crippen LogP contribution in [0.15, 0.2) is 58.8 Å². The van der Waals surface area contributed by atoms with Crippen molar-refractivity contribution in [2.24, 2.45) is 0 Å². The summed E-state index contributed by atoms with van der Waals surface area (Å²) in [6, 6.07) is 13.6. The van der Waals surface area contributed by atoms with E-state index in [9.17, 15) is 9.59 Å². The van der Waals surface area contributed by atoms with E-state index in [2.05, 4.69) is 5.16 Å². The molecule has 164 valence electrons. The van der Waals surface area contributed by atoms with Gasteiger partial charge < -0.3 is 23.5 Å². The van der Waals surface area contributed by atoms with E-state index in [-0.39, 0.29) is 18.0 Å². The van der Waals surface area contributed by atoms with E-state index < -0.39 is 5.97 Å². The Kier molecular flexibility index (Phi) is 6.21. The molecule has 2 aromatic carbocycles. The molecule has 0 unspecified atom stereocenters. The number of nitrogens with zero attached hydrogens (tertiary/aromatic N) is 1. The van der Waals surface area contributed by atoms with Crippen LogP contribution >= 0.6 is 0 Å². The van der Waals surface area contributed by atoms with Crippen LogP contribution in [0.25, 0.3) is 6.08 Å². The highest BCUT2D eigenvalue weighted by Gasteiger charge is 2.28. The lowest BCUT2D eigenvalue weighted by molar-refractivity contribution is -0.134. The number of carbonyl (C=O) groups excluding carboxylic acids is 2. The first kappa shape index (κ1) is 21.2. The van der Waals surface area contributed by atoms with Crippen molar-refractivity contribution < 1.29 is 33.1 Å². The second-order valence-corrected chi connectivity index (χ2v) is 6.91. The Morgan fingerprint density at radius 1 is 1.09 bits per heavy atom. The lowest BCUT2D eigenvalue weighted by Gasteiger charge is -2.05. The lowest BCUT2D eigenvalue weighted by Crippen LogP contribution is -2.08. The van der Waals surface area contributed by atoms with Crippen molar-refractivity contribution in [1.82, 2.24) is 5.16 Å². The normalized spacial score (nSPS) is 13.6. The molecule has 0 aliphatic carbocycles. The third-order valence-corrected chi connectivity index (χ3v) is 4.68. The van der Waals surface area contributed by atoms with Crippen molar-refractivity contribution in [3.05, 3.63) is 71.2 Å². The van der Waals surface area contributed by atoms with Crippen LogP contribution in [0, 0.1) is 0 Å². The van der Waals surface area contributed by atoms with Crippen LogP contribution in [0.5, 0.6) is 23.1 Å². The first-order chi connectivity index (χ1) is 15.6. The molecular weight excluding hydrogens is 414 g/mol. The Morgan fingerprint density at radius 3 is 2.59 bits per heavy atom. The number of ketones is 1. The van der Waals surface area contributed by atoms with Gasteiger partial charge in [0.1, 0.15) is 23.0 Å². The molecule has 0 saturated heterocycles. The number of hydrogen-bond acceptors (Lipinski definition) is 8. The number of ether oxygens (including phenoxy) is 4. The van der Waals surface area contributed by atoms with Crippen molar-refractivity contribution >= 4 is 17.8 Å². The predicted octanol–water partition coefficient (Wildman–Crippen LogP) is 4.24. The van der Waals surface area contributed by atoms with Gasteiger partial charge in [0.15, 0.2) is 5.76 Å². The van der Waals surface area contributed by atoms with Crippen LogP contribution in [0.4, 0.5) is 0 Å². The van der Waals surface area contributed by atoms with Gasteiger partial charge >= 0.3 is 5.97 Å². The molecule has 8 nitrogen and oxygen atoms in total. The summed E-state index contributed by atoms with van der Waals surface area (Å²) in [6.45, 7) is 2.50. The maximum Gasteiger partial charge on any atom is 0.311 e. The lowest BCUT2D eigenvalue weighted by atomic mass is 10.1. The largest absolute Gasteiger partial charge is 0.494 e. The summed E-state index contributed by atoms with van der Waals surface area (Å²) in [5, 5.41) is 3.68. The molecule has 0 saturated carbocycles. The molecule has 0 N–H and O–H groups in total. The third-order valence-electron chi connectivity index (χ3n) is 4.68. The number of fused-ring (bicyclic) bond motifs is 1. The van der Waals surface area contributed by atoms with Gasteiger partial charge in [-0.15, -0.1) is 0 Å². The van der Waals surface area contributed by atoms with Gasteiger partial charge in [-0.2, -0.15) is 0 Å². The molecule has 32 heavy (non-hydrogen) atoms. The Morgan fingerprint density at radius 2 is 1.88 bits per heavy atom. The van der Waals surface area contributed by atoms with Gasteiger partial charge in [-0.1, -0.05) is 12.1 Å². The quantitative estimate of drug-likeness (QED) is 0.295. The van der Waals surface area contributed by atoms with Crippen LogP contribution in [-0.2, 0) is 11.2 Å². The van der Waals surface area contributed by atoms with Crippen molar-refractivity contribution in [2.75, 3.05) is 13.7 Å². The summed E-state index contributed by atoms with van der Waals surface area (Å²) >= 11 is 0. The van der Waals surface area contributed by atoms with E-state index in [0.29, 0.717) is 41.7 Å². The van der Waals surface area contributed by atoms with Crippen molar-refractivity contribution in [1.29, 1.82) is 0 Å². The maximum absolute atomic E-state index is 12.6. The Labute approximate surface area is 184 Å². The fraction of sp³-hybridized carbons (Fsp3) is 0.208. The van der Waals surface area contributed by atoms with E-state index in [1.165, 1.54) is 13.2 Å². The maximum atomic E-state index is 12.6. The van der Waals surface area contributed by atoms with Crippen LogP contribution in [0.1, 0.15) is 35.0 Å². The predicted molar refractivity (Wildman–Crippen MR) is 114 cm³/mol. The van der Waals surface area contributed by atoms with Gasteiger partial charge in [-0.3, -0.25) is 9.59 Å². The molecule has 3 aromatic rings. The molecule has 0 radical (unpaired) electrons. The van der Waals surface area contributed by atoms with Crippen LogP contribution in [0.3, 0.4) is 0 Å². The topological polar surface area (TPSA) is 97.1 Å². The molecule has 0 spiro atoms. The van der Waals surface area contributed by atoms with Crippen molar-refractivity contribution in [2.45, 2.75) is 19.8 Å². The summed E-state index contributed by atoms with van der Waals surface area (Å²) in [4.78, 5) is 24.8. The fourth-order valence-electron chi connectivity index (χ4n) is 3.12. The number of methoxy groups -OCH3 is 1. The third kappa shape index (κ3) is 4.80. The number of Topliss-reactive ketones (excluding diaryl/α,β-unsaturated/α-hetero) is 1. The summed E-state index contributed by atoms with van der Waals surface area (Å²) in [5.41, 5.74) is 1.22. The van der Waals surface area contributed by atoms with E-state index >= 15 is 0 Å². The number of aromatic nitrogens is 1. The molecule has 1 aliphatic rings. The van der Waals surface area contributed by atoms with Gasteiger partial charge in [0, 0.05) is 18.6 Å². The Bertz CT molecular complexity index is 1160. The molecule has 0 bridgehead atoms. The van der Waals surface area contributed by atoms with E-state index in [1.54, 1.807) is 24.3 Å². The van der Waals surface area contributed by atoms with Gasteiger partial charge in [-0.05, 0) is 48.0 Å². The molecule has 0 fully saturated rings. The monoisotopic (exact) mass is 435 g/mol. The second-order valence-electron chi connectivity index (χ2n) is 6.91. The number of allylic oxidation sites excluding steroid dienone is 1. The number of aryl methyl sites for hydroxylation is 1. The SMILES string of the molecule is CCOc1ccc(/C=C2\Oc3cc(OC(=O)CCc4cc(OC)no4)ccc3C2=O)cc1. The van der Waals surface area contributed by atoms with Crippen LogP contribution < -0.4 is 18.9 Å². The summed E-state index contributed by atoms with van der Waals surface area (Å²) in [6.07, 6.45) is 2.08. The van der Waals surface area contributed by atoms with Gasteiger partial charge in [-0.25, -0.2) is 0 Å². The highest BCUT2D eigenvalue weighted by atomic mass is 16.5. The Balaban J connectivity index is 1.39. The summed E-state index contributed by atoms with van der Waals surface area (Å²) in [5.74, 6) is 1.78. The van der Waals surface area contributed by atoms with Gasteiger partial charge in [0.25, 0.3) is 5.88 Å². The summed E-state index contributed by atoms with van der Waals surface area (Å²) in [7, 11) is 1.48. The average Bonchev–Trinajstić information content (AvgIpc) is 3.38. The number of hydrogen-bond donors (Lipinski definition) is 0. The van der Waals surface area contributed by atoms with Gasteiger partial charge in [0.2, 0.25) is 5.78 Å². The zero-order valence-electron chi connectivity index (χ0n) is 17.6. The van der Waals surface area contributed by atoms with Gasteiger partial charge in [0.05, 0.1) is 25.7 Å². The molecule has 2 heterocycles. The molecule has 1 aromatic heterocycles. The molecule has 0 amide bonds. The highest BCUT2D eigenvalue weighted by molar-refractivity contribution is 6.14. The number of esters is 1. The molecule has 4 rings (SSSR count). The van der Waals surface area contributed by atoms with E-state index in [0.717, 1.165) is 11.3 Å². The smallest absolute Gasteiger partial charge is 0.311 e. The fourth-order valence-corrected chi connectivity index (χ4v) is 3.12. The minimum Gasteiger partial charge on any atom is -0.494 e. The highest BCUT2D eigenvalue weighted by Crippen LogP contribution is 2.35. The average molecular weight is 435 g/mol. The number of carbonyl (C=O) groups is 2. The van der Waals surface area contributed by atoms with E-state index in [4.69, 9.17) is 23.5 Å². The zero-order valence-corrected chi connectivity index (χ0v) is 17.6. The number of benzene rings is 2. The minimum atomic E-state index is -0.449. The summed E-state index contributed by atoms with van der Waals surface area (Å²) < 4.78 is 26.5. The molecular formula is C24H21NO7. The second kappa shape index (κ2) is 9.38. The first-order valence-electron chi connectivity index (χ1n) is 10.1. The van der Waals surface area contributed by atoms with Crippen molar-refractivity contribution in [3.8, 4) is 23.1 Å². The number of rotatable bonds is 8. The van der Waals surface area contributed by atoms with E-state index in [1.807, 2.05) is 31.2 Å². The standard InChI is InChI=1S/C24H21NO7/c1-3-29-16-6-4-15(5-7-16)12-21-24(27)19-10-8-17(13-20(19)31-21)30-23(26)11-9-18-14-22(28-2)25-32-18/h4-8,10,12-14H,3,9,11H2,1-2H3/b21-12-. The first-order valence-corrected chi connectivity index (χ1v) is 10.1.